The highest BCUT2D eigenvalue weighted by Crippen LogP contribution is 2.28. The number of anilines is 1. The maximum absolute atomic E-state index is 12.0. The minimum Gasteiger partial charge on any atom is -0.458 e. The van der Waals surface area contributed by atoms with Crippen LogP contribution < -0.4 is 4.90 Å². The van der Waals surface area contributed by atoms with Gasteiger partial charge < -0.3 is 9.64 Å². The van der Waals surface area contributed by atoms with Crippen LogP contribution in [0.1, 0.15) is 83.4 Å². The van der Waals surface area contributed by atoms with E-state index in [1.54, 1.807) is 0 Å². The summed E-state index contributed by atoms with van der Waals surface area (Å²) in [6.07, 6.45) is 2.36. The van der Waals surface area contributed by atoms with Gasteiger partial charge in [-0.25, -0.2) is 4.98 Å². The third-order valence-electron chi connectivity index (χ3n) is 6.40. The number of hydrogen-bond acceptors (Lipinski definition) is 5. The Balaban J connectivity index is 1.67. The quantitative estimate of drug-likeness (QED) is 0.267. The molecule has 3 aromatic rings. The van der Waals surface area contributed by atoms with Gasteiger partial charge in [0.1, 0.15) is 11.6 Å². The van der Waals surface area contributed by atoms with Crippen LogP contribution >= 0.6 is 11.3 Å². The zero-order valence-corrected chi connectivity index (χ0v) is 23.1. The first-order valence-electron chi connectivity index (χ1n) is 12.7. The Labute approximate surface area is 215 Å². The molecule has 0 aliphatic carbocycles. The van der Waals surface area contributed by atoms with E-state index in [-0.39, 0.29) is 12.6 Å². The number of thiazole rings is 1. The first-order chi connectivity index (χ1) is 16.6. The number of aromatic nitrogens is 1. The molecule has 4 nitrogen and oxygen atoms in total. The average molecular weight is 493 g/mol. The lowest BCUT2D eigenvalue weighted by Gasteiger charge is -2.30. The van der Waals surface area contributed by atoms with Crippen molar-refractivity contribution >= 4 is 23.0 Å². The van der Waals surface area contributed by atoms with Gasteiger partial charge in [0.15, 0.2) is 0 Å². The number of ether oxygens (including phenoxy) is 1. The fourth-order valence-corrected chi connectivity index (χ4v) is 4.82. The van der Waals surface area contributed by atoms with Gasteiger partial charge in [-0.05, 0) is 76.6 Å². The topological polar surface area (TPSA) is 42.4 Å². The predicted octanol–water partition coefficient (Wildman–Crippen LogP) is 8.22. The minimum absolute atomic E-state index is 0.210. The molecular weight excluding hydrogens is 452 g/mol. The van der Waals surface area contributed by atoms with E-state index in [4.69, 9.17) is 4.74 Å². The molecule has 2 aromatic carbocycles. The largest absolute Gasteiger partial charge is 0.458 e. The van der Waals surface area contributed by atoms with Crippen LogP contribution in [0.15, 0.2) is 53.9 Å². The van der Waals surface area contributed by atoms with Crippen molar-refractivity contribution in [2.45, 2.75) is 86.4 Å². The number of carbonyl (C=O) groups excluding carboxylic acids is 1. The van der Waals surface area contributed by atoms with Gasteiger partial charge in [-0.3, -0.25) is 4.79 Å². The normalized spacial score (nSPS) is 11.8. The molecule has 0 amide bonds. The number of rotatable bonds is 10. The van der Waals surface area contributed by atoms with Crippen LogP contribution in [0.5, 0.6) is 0 Å². The van der Waals surface area contributed by atoms with Crippen molar-refractivity contribution in [2.75, 3.05) is 4.90 Å². The highest BCUT2D eigenvalue weighted by molar-refractivity contribution is 7.09. The lowest BCUT2D eigenvalue weighted by molar-refractivity contribution is -0.154. The highest BCUT2D eigenvalue weighted by Gasteiger charge is 2.23. The van der Waals surface area contributed by atoms with Crippen molar-refractivity contribution < 1.29 is 9.53 Å². The van der Waals surface area contributed by atoms with E-state index < -0.39 is 5.41 Å². The second-order valence-corrected chi connectivity index (χ2v) is 11.4. The Bertz CT molecular complexity index is 1070. The van der Waals surface area contributed by atoms with Crippen molar-refractivity contribution in [3.63, 3.8) is 0 Å². The summed E-state index contributed by atoms with van der Waals surface area (Å²) in [5.74, 6) is 0.430. The number of carbonyl (C=O) groups is 1. The van der Waals surface area contributed by atoms with Crippen molar-refractivity contribution in [1.29, 1.82) is 0 Å². The summed E-state index contributed by atoms with van der Waals surface area (Å²) in [5, 5.41) is 2.83. The zero-order valence-electron chi connectivity index (χ0n) is 22.3. The summed E-state index contributed by atoms with van der Waals surface area (Å²) in [6, 6.07) is 18.1. The van der Waals surface area contributed by atoms with E-state index >= 15 is 0 Å². The molecule has 0 spiro atoms. The summed E-state index contributed by atoms with van der Waals surface area (Å²) >= 11 is 1.52. The summed E-state index contributed by atoms with van der Waals surface area (Å²) in [5.41, 5.74) is 5.44. The van der Waals surface area contributed by atoms with Gasteiger partial charge in [0.05, 0.1) is 11.1 Å². The predicted molar refractivity (Wildman–Crippen MR) is 148 cm³/mol. The van der Waals surface area contributed by atoms with Crippen LogP contribution in [0.25, 0.3) is 11.3 Å². The second kappa shape index (κ2) is 11.9. The molecule has 0 saturated heterocycles. The third kappa shape index (κ3) is 7.17. The lowest BCUT2D eigenvalue weighted by Crippen LogP contribution is -2.30. The monoisotopic (exact) mass is 492 g/mol. The van der Waals surface area contributed by atoms with Crippen LogP contribution in [0, 0.1) is 5.41 Å². The Hall–Kier alpha value is -2.66. The molecule has 0 radical (unpaired) electrons. The molecule has 0 atom stereocenters. The Morgan fingerprint density at radius 3 is 2.17 bits per heavy atom. The number of hydrogen-bond donors (Lipinski definition) is 0. The molecule has 3 rings (SSSR count). The average Bonchev–Trinajstić information content (AvgIpc) is 3.31. The van der Waals surface area contributed by atoms with Gasteiger partial charge in [0, 0.05) is 29.2 Å². The van der Waals surface area contributed by atoms with Crippen molar-refractivity contribution in [1.82, 2.24) is 4.98 Å². The van der Waals surface area contributed by atoms with Crippen LogP contribution in [-0.4, -0.2) is 17.0 Å². The van der Waals surface area contributed by atoms with Gasteiger partial charge in [0.2, 0.25) is 0 Å². The molecule has 1 aromatic heterocycles. The second-order valence-electron chi connectivity index (χ2n) is 10.5. The lowest BCUT2D eigenvalue weighted by atomic mass is 9.94. The highest BCUT2D eigenvalue weighted by atomic mass is 32.1. The molecule has 35 heavy (non-hydrogen) atoms. The van der Waals surface area contributed by atoms with Crippen LogP contribution in [0.2, 0.25) is 0 Å². The molecule has 0 unspecified atom stereocenters. The van der Waals surface area contributed by atoms with E-state index in [2.05, 4.69) is 86.1 Å². The standard InChI is InChI=1S/C30H40N2O2S/c1-8-23(9-2)24-14-16-26(17-15-24)32(21(3)4)18-22-10-12-25(13-11-22)27-20-35-28(31-27)19-34-29(33)30(5,6)7/h10-17,20-21,23H,8-9,18-19H2,1-7H3. The third-order valence-corrected chi connectivity index (χ3v) is 7.22. The van der Waals surface area contributed by atoms with Crippen molar-refractivity contribution in [2.24, 2.45) is 5.41 Å². The molecule has 0 aliphatic rings. The number of benzene rings is 2. The maximum atomic E-state index is 12.0. The molecule has 188 valence electrons. The summed E-state index contributed by atoms with van der Waals surface area (Å²) in [7, 11) is 0. The molecule has 5 heteroatoms. The Kier molecular flexibility index (Phi) is 9.12. The van der Waals surface area contributed by atoms with Crippen LogP contribution in [0.4, 0.5) is 5.69 Å². The summed E-state index contributed by atoms with van der Waals surface area (Å²) in [6.45, 7) is 15.7. The number of nitrogens with zero attached hydrogens (tertiary/aromatic N) is 2. The van der Waals surface area contributed by atoms with E-state index in [0.717, 1.165) is 22.8 Å². The smallest absolute Gasteiger partial charge is 0.311 e. The van der Waals surface area contributed by atoms with Gasteiger partial charge >= 0.3 is 5.97 Å². The van der Waals surface area contributed by atoms with Crippen molar-refractivity contribution in [3.8, 4) is 11.3 Å². The SMILES string of the molecule is CCC(CC)c1ccc(N(Cc2ccc(-c3csc(COC(=O)C(C)(C)C)n3)cc2)C(C)C)cc1. The number of esters is 1. The molecule has 0 aliphatic heterocycles. The molecule has 0 saturated carbocycles. The Morgan fingerprint density at radius 2 is 1.63 bits per heavy atom. The van der Waals surface area contributed by atoms with Gasteiger partial charge in [-0.15, -0.1) is 11.3 Å². The molecule has 0 bridgehead atoms. The Morgan fingerprint density at radius 1 is 1.00 bits per heavy atom. The molecule has 0 N–H and O–H groups in total. The first-order valence-corrected chi connectivity index (χ1v) is 13.6. The molecule has 0 fully saturated rings. The van der Waals surface area contributed by atoms with Crippen LogP contribution in [0.3, 0.4) is 0 Å². The van der Waals surface area contributed by atoms with Gasteiger partial charge in [-0.2, -0.15) is 0 Å². The fraction of sp³-hybridized carbons (Fsp3) is 0.467. The van der Waals surface area contributed by atoms with E-state index in [1.807, 2.05) is 26.2 Å². The van der Waals surface area contributed by atoms with Gasteiger partial charge in [0.25, 0.3) is 0 Å². The zero-order chi connectivity index (χ0) is 25.6. The van der Waals surface area contributed by atoms with E-state index in [0.29, 0.717) is 12.0 Å². The van der Waals surface area contributed by atoms with E-state index in [9.17, 15) is 4.79 Å². The first kappa shape index (κ1) is 26.9. The van der Waals surface area contributed by atoms with Crippen LogP contribution in [-0.2, 0) is 22.7 Å². The fourth-order valence-electron chi connectivity index (χ4n) is 4.10. The van der Waals surface area contributed by atoms with Gasteiger partial charge in [-0.1, -0.05) is 50.2 Å². The maximum Gasteiger partial charge on any atom is 0.311 e. The van der Waals surface area contributed by atoms with E-state index in [1.165, 1.54) is 41.0 Å². The summed E-state index contributed by atoms with van der Waals surface area (Å²) in [4.78, 5) is 19.1. The molecular formula is C30H40N2O2S. The minimum atomic E-state index is -0.505. The summed E-state index contributed by atoms with van der Waals surface area (Å²) < 4.78 is 5.41. The molecule has 1 heterocycles. The van der Waals surface area contributed by atoms with Crippen molar-refractivity contribution in [3.05, 3.63) is 70.0 Å².